The molecule has 0 heterocycles. The van der Waals surface area contributed by atoms with Crippen molar-refractivity contribution in [3.05, 3.63) is 0 Å². The van der Waals surface area contributed by atoms with E-state index in [1.54, 1.807) is 6.92 Å². The zero-order chi connectivity index (χ0) is 13.4. The Morgan fingerprint density at radius 2 is 2.00 bits per heavy atom. The van der Waals surface area contributed by atoms with Crippen LogP contribution < -0.4 is 10.6 Å². The second-order valence-corrected chi connectivity index (χ2v) is 5.98. The molecule has 0 bridgehead atoms. The van der Waals surface area contributed by atoms with Gasteiger partial charge in [0, 0.05) is 11.8 Å². The van der Waals surface area contributed by atoms with Gasteiger partial charge in [0.25, 0.3) is 0 Å². The van der Waals surface area contributed by atoms with E-state index in [0.717, 1.165) is 25.7 Å². The highest BCUT2D eigenvalue weighted by Gasteiger charge is 2.19. The van der Waals surface area contributed by atoms with E-state index >= 15 is 0 Å². The van der Waals surface area contributed by atoms with Crippen molar-refractivity contribution in [1.29, 1.82) is 0 Å². The van der Waals surface area contributed by atoms with Crippen LogP contribution in [-0.4, -0.2) is 40.7 Å². The van der Waals surface area contributed by atoms with Crippen LogP contribution in [0.2, 0.25) is 0 Å². The lowest BCUT2D eigenvalue weighted by Gasteiger charge is -2.23. The van der Waals surface area contributed by atoms with Gasteiger partial charge in [-0.2, -0.15) is 0 Å². The fourth-order valence-corrected chi connectivity index (χ4v) is 2.66. The topological polar surface area (TPSA) is 78.4 Å². The van der Waals surface area contributed by atoms with E-state index in [1.807, 2.05) is 0 Å². The Bertz CT molecular complexity index is 280. The van der Waals surface area contributed by atoms with Crippen molar-refractivity contribution in [3.8, 4) is 0 Å². The van der Waals surface area contributed by atoms with Gasteiger partial charge in [-0.05, 0) is 19.8 Å². The average Bonchev–Trinajstić information content (AvgIpc) is 2.36. The predicted octanol–water partition coefficient (Wildman–Crippen LogP) is 1.26. The molecule has 18 heavy (non-hydrogen) atoms. The Balaban J connectivity index is 2.23. The van der Waals surface area contributed by atoms with Crippen molar-refractivity contribution in [2.75, 3.05) is 12.4 Å². The summed E-state index contributed by atoms with van der Waals surface area (Å²) >= 11 is 1.33. The normalized spacial score (nSPS) is 18.1. The molecule has 0 aliphatic heterocycles. The zero-order valence-corrected chi connectivity index (χ0v) is 11.6. The molecule has 1 saturated carbocycles. The van der Waals surface area contributed by atoms with E-state index in [1.165, 1.54) is 18.2 Å². The SMILES string of the molecule is C[C@@H](SCCO)C(=O)NC(=O)NC1CCCCC1. The molecule has 0 spiro atoms. The molecular weight excluding hydrogens is 252 g/mol. The minimum absolute atomic E-state index is 0.0383. The molecule has 1 aliphatic carbocycles. The molecule has 1 atom stereocenters. The number of nitrogens with one attached hydrogen (secondary N) is 2. The molecular formula is C12H22N2O3S. The van der Waals surface area contributed by atoms with Gasteiger partial charge < -0.3 is 10.4 Å². The van der Waals surface area contributed by atoms with Gasteiger partial charge in [-0.25, -0.2) is 4.79 Å². The number of urea groups is 1. The molecule has 0 radical (unpaired) electrons. The van der Waals surface area contributed by atoms with Crippen LogP contribution in [0.4, 0.5) is 4.79 Å². The molecule has 0 aromatic heterocycles. The highest BCUT2D eigenvalue weighted by Crippen LogP contribution is 2.17. The number of carbonyl (C=O) groups is 2. The Morgan fingerprint density at radius 1 is 1.33 bits per heavy atom. The third kappa shape index (κ3) is 5.73. The standard InChI is InChI=1S/C12H22N2O3S/c1-9(18-8-7-15)11(16)14-12(17)13-10-5-3-2-4-6-10/h9-10,15H,2-8H2,1H3,(H2,13,14,16,17)/t9-/m1/s1. The third-order valence-electron chi connectivity index (χ3n) is 3.01. The number of amides is 3. The van der Waals surface area contributed by atoms with Gasteiger partial charge >= 0.3 is 6.03 Å². The number of rotatable bonds is 5. The van der Waals surface area contributed by atoms with Gasteiger partial charge in [0.1, 0.15) is 0 Å². The first-order valence-corrected chi connectivity index (χ1v) is 7.52. The molecule has 5 nitrogen and oxygen atoms in total. The number of carbonyl (C=O) groups excluding carboxylic acids is 2. The van der Waals surface area contributed by atoms with E-state index in [4.69, 9.17) is 5.11 Å². The van der Waals surface area contributed by atoms with Crippen molar-refractivity contribution in [3.63, 3.8) is 0 Å². The predicted molar refractivity (Wildman–Crippen MR) is 72.6 cm³/mol. The van der Waals surface area contributed by atoms with E-state index in [2.05, 4.69) is 10.6 Å². The van der Waals surface area contributed by atoms with Gasteiger partial charge in [-0.3, -0.25) is 10.1 Å². The van der Waals surface area contributed by atoms with Gasteiger partial charge in [0.15, 0.2) is 0 Å². The highest BCUT2D eigenvalue weighted by atomic mass is 32.2. The van der Waals surface area contributed by atoms with Gasteiger partial charge in [0.2, 0.25) is 5.91 Å². The maximum absolute atomic E-state index is 11.6. The summed E-state index contributed by atoms with van der Waals surface area (Å²) in [6.07, 6.45) is 5.50. The van der Waals surface area contributed by atoms with E-state index in [9.17, 15) is 9.59 Å². The molecule has 3 N–H and O–H groups in total. The minimum atomic E-state index is -0.400. The van der Waals surface area contributed by atoms with Gasteiger partial charge in [-0.15, -0.1) is 11.8 Å². The van der Waals surface area contributed by atoms with Crippen LogP contribution in [-0.2, 0) is 4.79 Å². The first-order chi connectivity index (χ1) is 8.63. The lowest BCUT2D eigenvalue weighted by atomic mass is 9.96. The van der Waals surface area contributed by atoms with E-state index < -0.39 is 6.03 Å². The summed E-state index contributed by atoms with van der Waals surface area (Å²) in [5, 5.41) is 13.5. The molecule has 0 aromatic rings. The van der Waals surface area contributed by atoms with Gasteiger partial charge in [0.05, 0.1) is 11.9 Å². The fourth-order valence-electron chi connectivity index (χ4n) is 1.99. The summed E-state index contributed by atoms with van der Waals surface area (Å²) in [5.41, 5.74) is 0. The number of hydrogen-bond acceptors (Lipinski definition) is 4. The Kier molecular flexibility index (Phi) is 7.12. The van der Waals surface area contributed by atoms with Crippen molar-refractivity contribution in [2.45, 2.75) is 50.3 Å². The summed E-state index contributed by atoms with van der Waals surface area (Å²) in [7, 11) is 0. The third-order valence-corrected chi connectivity index (χ3v) is 4.14. The zero-order valence-electron chi connectivity index (χ0n) is 10.8. The molecule has 0 saturated heterocycles. The molecule has 1 aliphatic rings. The highest BCUT2D eigenvalue weighted by molar-refractivity contribution is 8.00. The minimum Gasteiger partial charge on any atom is -0.396 e. The summed E-state index contributed by atoms with van der Waals surface area (Å²) in [6, 6.07) is -0.199. The van der Waals surface area contributed by atoms with Crippen LogP contribution in [0, 0.1) is 0 Å². The van der Waals surface area contributed by atoms with E-state index in [0.29, 0.717) is 5.75 Å². The summed E-state index contributed by atoms with van der Waals surface area (Å²) < 4.78 is 0. The molecule has 0 aromatic carbocycles. The summed E-state index contributed by atoms with van der Waals surface area (Å²) in [4.78, 5) is 23.2. The molecule has 1 fully saturated rings. The van der Waals surface area contributed by atoms with Crippen molar-refractivity contribution in [1.82, 2.24) is 10.6 Å². The number of hydrogen-bond donors (Lipinski definition) is 3. The maximum atomic E-state index is 11.6. The second kappa shape index (κ2) is 8.37. The van der Waals surface area contributed by atoms with Crippen molar-refractivity contribution >= 4 is 23.7 Å². The Labute approximate surface area is 112 Å². The average molecular weight is 274 g/mol. The molecule has 1 rings (SSSR count). The Hall–Kier alpha value is -0.750. The first kappa shape index (κ1) is 15.3. The number of aliphatic hydroxyl groups excluding tert-OH is 1. The quantitative estimate of drug-likeness (QED) is 0.705. The number of thioether (sulfide) groups is 1. The second-order valence-electron chi connectivity index (χ2n) is 4.53. The lowest BCUT2D eigenvalue weighted by Crippen LogP contribution is -2.47. The van der Waals surface area contributed by atoms with Crippen LogP contribution in [0.25, 0.3) is 0 Å². The largest absolute Gasteiger partial charge is 0.396 e. The number of imide groups is 1. The lowest BCUT2D eigenvalue weighted by molar-refractivity contribution is -0.119. The smallest absolute Gasteiger partial charge is 0.321 e. The van der Waals surface area contributed by atoms with Crippen LogP contribution in [0.3, 0.4) is 0 Å². The van der Waals surface area contributed by atoms with Crippen LogP contribution in [0.1, 0.15) is 39.0 Å². The monoisotopic (exact) mass is 274 g/mol. The van der Waals surface area contributed by atoms with Gasteiger partial charge in [-0.1, -0.05) is 19.3 Å². The maximum Gasteiger partial charge on any atom is 0.321 e. The molecule has 3 amide bonds. The molecule has 6 heteroatoms. The van der Waals surface area contributed by atoms with Crippen LogP contribution in [0.15, 0.2) is 0 Å². The Morgan fingerprint density at radius 3 is 2.61 bits per heavy atom. The van der Waals surface area contributed by atoms with Crippen molar-refractivity contribution < 1.29 is 14.7 Å². The van der Waals surface area contributed by atoms with Crippen molar-refractivity contribution in [2.24, 2.45) is 0 Å². The summed E-state index contributed by atoms with van der Waals surface area (Å²) in [6.45, 7) is 1.76. The first-order valence-electron chi connectivity index (χ1n) is 6.47. The number of aliphatic hydroxyl groups is 1. The van der Waals surface area contributed by atoms with Crippen LogP contribution >= 0.6 is 11.8 Å². The molecule has 0 unspecified atom stereocenters. The van der Waals surface area contributed by atoms with E-state index in [-0.39, 0.29) is 23.8 Å². The molecule has 104 valence electrons. The van der Waals surface area contributed by atoms with Crippen LogP contribution in [0.5, 0.6) is 0 Å². The summed E-state index contributed by atoms with van der Waals surface area (Å²) in [5.74, 6) is 0.195. The fraction of sp³-hybridized carbons (Fsp3) is 0.833.